The number of nitrogens with zero attached hydrogens (tertiary/aromatic N) is 2. The lowest BCUT2D eigenvalue weighted by Crippen LogP contribution is -2.40. The quantitative estimate of drug-likeness (QED) is 0.542. The van der Waals surface area contributed by atoms with E-state index in [4.69, 9.17) is 27.9 Å². The lowest BCUT2D eigenvalue weighted by atomic mass is 10.1. The number of halogens is 2. The van der Waals surface area contributed by atoms with Crippen LogP contribution < -0.4 is 10.1 Å². The molecule has 0 aromatic heterocycles. The van der Waals surface area contributed by atoms with Gasteiger partial charge in [0.1, 0.15) is 11.9 Å². The Morgan fingerprint density at radius 2 is 1.97 bits per heavy atom. The molecule has 1 aliphatic heterocycles. The number of carbonyl (C=O) groups excluding carboxylic acids is 2. The molecule has 8 nitrogen and oxygen atoms in total. The number of hydrogen-bond acceptors (Lipinski definition) is 5. The summed E-state index contributed by atoms with van der Waals surface area (Å²) in [6.07, 6.45) is 4.01. The molecule has 1 aromatic carbocycles. The first-order chi connectivity index (χ1) is 14.2. The van der Waals surface area contributed by atoms with Crippen molar-refractivity contribution in [3.05, 3.63) is 61.8 Å². The Morgan fingerprint density at radius 1 is 1.27 bits per heavy atom. The molecule has 1 unspecified atom stereocenters. The maximum atomic E-state index is 12.9. The van der Waals surface area contributed by atoms with Crippen molar-refractivity contribution in [3.8, 4) is 5.75 Å². The summed E-state index contributed by atoms with van der Waals surface area (Å²) in [7, 11) is 0. The van der Waals surface area contributed by atoms with Gasteiger partial charge in [0.05, 0.1) is 17.7 Å². The summed E-state index contributed by atoms with van der Waals surface area (Å²) in [5.74, 6) is -0.0751. The SMILES string of the molecule is CC(=O)N1CCC(Oc2ccc(Cl)cc2C(=O)NC2=C(Cl)CC([N+](=O)[O-])C=C2)CC1. The average Bonchev–Trinajstić information content (AvgIpc) is 2.71. The van der Waals surface area contributed by atoms with Crippen LogP contribution in [0.4, 0.5) is 0 Å². The van der Waals surface area contributed by atoms with Crippen LogP contribution in [0.15, 0.2) is 41.1 Å². The Balaban J connectivity index is 1.72. The van der Waals surface area contributed by atoms with Crippen molar-refractivity contribution in [2.24, 2.45) is 0 Å². The molecule has 160 valence electrons. The molecule has 0 saturated carbocycles. The minimum absolute atomic E-state index is 0.00823. The van der Waals surface area contributed by atoms with Crippen LogP contribution in [0.25, 0.3) is 0 Å². The Morgan fingerprint density at radius 3 is 2.57 bits per heavy atom. The molecule has 10 heteroatoms. The summed E-state index contributed by atoms with van der Waals surface area (Å²) in [5.41, 5.74) is 0.540. The van der Waals surface area contributed by atoms with Crippen molar-refractivity contribution < 1.29 is 19.2 Å². The topological polar surface area (TPSA) is 102 Å². The second-order valence-corrected chi connectivity index (χ2v) is 8.05. The molecule has 2 amide bonds. The number of carbonyl (C=O) groups is 2. The Kier molecular flexibility index (Phi) is 6.99. The van der Waals surface area contributed by atoms with Crippen molar-refractivity contribution >= 4 is 35.0 Å². The molecule has 2 aliphatic rings. The second kappa shape index (κ2) is 9.49. The van der Waals surface area contributed by atoms with Crippen LogP contribution in [-0.2, 0) is 4.79 Å². The van der Waals surface area contributed by atoms with Crippen LogP contribution >= 0.6 is 23.2 Å². The first-order valence-electron chi connectivity index (χ1n) is 9.48. The van der Waals surface area contributed by atoms with E-state index in [0.717, 1.165) is 0 Å². The predicted molar refractivity (Wildman–Crippen MR) is 112 cm³/mol. The standard InChI is InChI=1S/C20H21Cl2N3O5/c1-12(26)24-8-6-15(7-9-24)30-19-5-2-13(21)10-16(19)20(27)23-18-4-3-14(25(28)29)11-17(18)22/h2-5,10,14-15H,6-9,11H2,1H3,(H,23,27). The van der Waals surface area contributed by atoms with E-state index in [-0.39, 0.29) is 29.0 Å². The number of nitro groups is 1. The highest BCUT2D eigenvalue weighted by molar-refractivity contribution is 6.31. The molecule has 0 spiro atoms. The van der Waals surface area contributed by atoms with Gasteiger partial charge in [0.2, 0.25) is 11.9 Å². The number of nitrogens with one attached hydrogen (secondary N) is 1. The van der Waals surface area contributed by atoms with E-state index in [1.54, 1.807) is 17.0 Å². The lowest BCUT2D eigenvalue weighted by Gasteiger charge is -2.31. The zero-order valence-electron chi connectivity index (χ0n) is 16.3. The van der Waals surface area contributed by atoms with E-state index in [1.165, 1.54) is 25.1 Å². The Hall–Kier alpha value is -2.58. The monoisotopic (exact) mass is 453 g/mol. The zero-order valence-corrected chi connectivity index (χ0v) is 17.8. The van der Waals surface area contributed by atoms with Crippen molar-refractivity contribution in [3.63, 3.8) is 0 Å². The lowest BCUT2D eigenvalue weighted by molar-refractivity contribution is -0.508. The van der Waals surface area contributed by atoms with Crippen LogP contribution in [0.3, 0.4) is 0 Å². The third-order valence-electron chi connectivity index (χ3n) is 5.05. The number of benzene rings is 1. The third-order valence-corrected chi connectivity index (χ3v) is 5.64. The van der Waals surface area contributed by atoms with Crippen LogP contribution in [0.2, 0.25) is 5.02 Å². The first-order valence-corrected chi connectivity index (χ1v) is 10.2. The number of rotatable bonds is 5. The highest BCUT2D eigenvalue weighted by atomic mass is 35.5. The molecule has 30 heavy (non-hydrogen) atoms. The van der Waals surface area contributed by atoms with E-state index < -0.39 is 16.9 Å². The maximum absolute atomic E-state index is 12.9. The minimum Gasteiger partial charge on any atom is -0.489 e. The van der Waals surface area contributed by atoms with E-state index >= 15 is 0 Å². The van der Waals surface area contributed by atoms with Crippen molar-refractivity contribution in [2.75, 3.05) is 13.1 Å². The van der Waals surface area contributed by atoms with Crippen molar-refractivity contribution in [1.29, 1.82) is 0 Å². The van der Waals surface area contributed by atoms with E-state index in [2.05, 4.69) is 5.32 Å². The van der Waals surface area contributed by atoms with Crippen LogP contribution in [0.1, 0.15) is 36.5 Å². The van der Waals surface area contributed by atoms with Gasteiger partial charge in [-0.2, -0.15) is 0 Å². The van der Waals surface area contributed by atoms with Gasteiger partial charge in [0, 0.05) is 47.8 Å². The van der Waals surface area contributed by atoms with Gasteiger partial charge in [0.15, 0.2) is 0 Å². The molecule has 1 aliphatic carbocycles. The Labute approximate surface area is 183 Å². The molecular weight excluding hydrogens is 433 g/mol. The van der Waals surface area contributed by atoms with Crippen LogP contribution in [0.5, 0.6) is 5.75 Å². The van der Waals surface area contributed by atoms with E-state index in [1.807, 2.05) is 0 Å². The van der Waals surface area contributed by atoms with Crippen molar-refractivity contribution in [1.82, 2.24) is 10.2 Å². The summed E-state index contributed by atoms with van der Waals surface area (Å²) in [6, 6.07) is 3.85. The molecule has 1 aromatic rings. The fourth-order valence-corrected chi connectivity index (χ4v) is 3.79. The van der Waals surface area contributed by atoms with E-state index in [9.17, 15) is 19.7 Å². The molecule has 0 bridgehead atoms. The number of allylic oxidation sites excluding steroid dienone is 1. The van der Waals surface area contributed by atoms with Crippen LogP contribution in [-0.4, -0.2) is 46.9 Å². The summed E-state index contributed by atoms with van der Waals surface area (Å²) in [6.45, 7) is 2.73. The molecular formula is C20H21Cl2N3O5. The molecule has 3 rings (SSSR count). The molecule has 0 radical (unpaired) electrons. The van der Waals surface area contributed by atoms with Gasteiger partial charge in [-0.05, 0) is 30.4 Å². The number of amides is 2. The normalized spacial score (nSPS) is 19.6. The van der Waals surface area contributed by atoms with Gasteiger partial charge < -0.3 is 15.0 Å². The number of likely N-dealkylation sites (tertiary alicyclic amines) is 1. The van der Waals surface area contributed by atoms with Gasteiger partial charge in [-0.15, -0.1) is 0 Å². The summed E-state index contributed by atoms with van der Waals surface area (Å²) >= 11 is 12.2. The summed E-state index contributed by atoms with van der Waals surface area (Å²) in [5, 5.41) is 14.2. The Bertz CT molecular complexity index is 923. The fraction of sp³-hybridized carbons (Fsp3) is 0.400. The maximum Gasteiger partial charge on any atom is 0.259 e. The molecule has 1 fully saturated rings. The third kappa shape index (κ3) is 5.31. The summed E-state index contributed by atoms with van der Waals surface area (Å²) in [4.78, 5) is 36.6. The molecule has 1 saturated heterocycles. The number of ether oxygens (including phenoxy) is 1. The van der Waals surface area contributed by atoms with Gasteiger partial charge in [0.25, 0.3) is 5.91 Å². The van der Waals surface area contributed by atoms with Gasteiger partial charge in [-0.25, -0.2) is 0 Å². The fourth-order valence-electron chi connectivity index (χ4n) is 3.35. The second-order valence-electron chi connectivity index (χ2n) is 7.15. The first kappa shape index (κ1) is 22.1. The highest BCUT2D eigenvalue weighted by Crippen LogP contribution is 2.28. The zero-order chi connectivity index (χ0) is 21.8. The highest BCUT2D eigenvalue weighted by Gasteiger charge is 2.26. The number of hydrogen-bond donors (Lipinski definition) is 1. The van der Waals surface area contributed by atoms with Crippen molar-refractivity contribution in [2.45, 2.75) is 38.3 Å². The minimum atomic E-state index is -0.913. The predicted octanol–water partition coefficient (Wildman–Crippen LogP) is 3.52. The summed E-state index contributed by atoms with van der Waals surface area (Å²) < 4.78 is 6.04. The van der Waals surface area contributed by atoms with Gasteiger partial charge in [-0.3, -0.25) is 19.7 Å². The molecule has 1 N–H and O–H groups in total. The van der Waals surface area contributed by atoms with E-state index in [0.29, 0.717) is 42.4 Å². The molecule has 1 atom stereocenters. The van der Waals surface area contributed by atoms with Gasteiger partial charge >= 0.3 is 0 Å². The largest absolute Gasteiger partial charge is 0.489 e. The van der Waals surface area contributed by atoms with Gasteiger partial charge in [-0.1, -0.05) is 23.2 Å². The van der Waals surface area contributed by atoms with Crippen LogP contribution in [0, 0.1) is 10.1 Å². The number of piperidine rings is 1. The molecule has 1 heterocycles. The average molecular weight is 454 g/mol. The smallest absolute Gasteiger partial charge is 0.259 e.